The van der Waals surface area contributed by atoms with Crippen LogP contribution < -0.4 is 14.5 Å². The van der Waals surface area contributed by atoms with Crippen molar-refractivity contribution in [2.24, 2.45) is 5.41 Å². The Labute approximate surface area is 264 Å². The predicted octanol–water partition coefficient (Wildman–Crippen LogP) is 5.08. The highest BCUT2D eigenvalue weighted by molar-refractivity contribution is 6.36. The lowest BCUT2D eigenvalue weighted by Gasteiger charge is -2.42. The molecule has 0 unspecified atom stereocenters. The number of hydrogen-bond donors (Lipinski definition) is 0. The lowest BCUT2D eigenvalue weighted by Crippen LogP contribution is -2.56. The highest BCUT2D eigenvalue weighted by Gasteiger charge is 2.44. The molecule has 2 aromatic carbocycles. The minimum atomic E-state index is -0.244. The molecule has 230 valence electrons. The Kier molecular flexibility index (Phi) is 8.40. The quantitative estimate of drug-likeness (QED) is 0.246. The van der Waals surface area contributed by atoms with Crippen molar-refractivity contribution in [2.45, 2.75) is 44.8 Å². The predicted molar refractivity (Wildman–Crippen MR) is 175 cm³/mol. The molecule has 0 N–H and O–H groups in total. The number of anilines is 2. The molecular formula is C34H40ClN7O2. The Morgan fingerprint density at radius 1 is 1.23 bits per heavy atom. The van der Waals surface area contributed by atoms with Crippen molar-refractivity contribution in [1.82, 2.24) is 19.8 Å². The number of fused-ring (bicyclic) bond motifs is 2. The molecule has 10 heteroatoms. The monoisotopic (exact) mass is 613 g/mol. The second-order valence-electron chi connectivity index (χ2n) is 12.8. The normalized spacial score (nSPS) is 20.8. The first-order chi connectivity index (χ1) is 21.2. The number of ether oxygens (including phenoxy) is 1. The van der Waals surface area contributed by atoms with Crippen LogP contribution in [-0.4, -0.2) is 91.2 Å². The fourth-order valence-electron chi connectivity index (χ4n) is 6.85. The smallest absolute Gasteiger partial charge is 0.318 e. The molecule has 0 bridgehead atoms. The van der Waals surface area contributed by atoms with Crippen molar-refractivity contribution < 1.29 is 9.53 Å². The number of halogens is 1. The van der Waals surface area contributed by atoms with Crippen LogP contribution >= 0.6 is 11.6 Å². The van der Waals surface area contributed by atoms with Crippen molar-refractivity contribution in [1.29, 1.82) is 0 Å². The third-order valence-corrected chi connectivity index (χ3v) is 9.52. The maximum absolute atomic E-state index is 12.6. The van der Waals surface area contributed by atoms with E-state index >= 15 is 0 Å². The van der Waals surface area contributed by atoms with Gasteiger partial charge in [-0.15, -0.1) is 0 Å². The molecule has 2 atom stereocenters. The lowest BCUT2D eigenvalue weighted by atomic mass is 9.96. The average Bonchev–Trinajstić information content (AvgIpc) is 3.77. The molecule has 1 aliphatic carbocycles. The Hall–Kier alpha value is -3.87. The molecule has 3 aromatic rings. The van der Waals surface area contributed by atoms with Gasteiger partial charge in [-0.1, -0.05) is 42.4 Å². The van der Waals surface area contributed by atoms with Crippen LogP contribution in [0.1, 0.15) is 31.0 Å². The molecule has 1 aromatic heterocycles. The van der Waals surface area contributed by atoms with Gasteiger partial charge in [0.1, 0.15) is 11.9 Å². The van der Waals surface area contributed by atoms with E-state index in [4.69, 9.17) is 32.9 Å². The highest BCUT2D eigenvalue weighted by Crippen LogP contribution is 2.46. The van der Waals surface area contributed by atoms with Crippen LogP contribution in [0.4, 0.5) is 11.5 Å². The van der Waals surface area contributed by atoms with E-state index in [1.165, 1.54) is 6.08 Å². The van der Waals surface area contributed by atoms with Gasteiger partial charge < -0.3 is 29.2 Å². The summed E-state index contributed by atoms with van der Waals surface area (Å²) in [7, 11) is 4.19. The Balaban J connectivity index is 1.37. The van der Waals surface area contributed by atoms with E-state index in [0.717, 1.165) is 64.4 Å². The summed E-state index contributed by atoms with van der Waals surface area (Å²) in [5.74, 6) is 0.714. The van der Waals surface area contributed by atoms with Crippen LogP contribution in [0.25, 0.3) is 15.6 Å². The van der Waals surface area contributed by atoms with Gasteiger partial charge in [0.2, 0.25) is 12.5 Å². The van der Waals surface area contributed by atoms with E-state index in [1.807, 2.05) is 12.1 Å². The first-order valence-electron chi connectivity index (χ1n) is 15.3. The van der Waals surface area contributed by atoms with E-state index in [-0.39, 0.29) is 30.0 Å². The summed E-state index contributed by atoms with van der Waals surface area (Å²) >= 11 is 6.75. The largest absolute Gasteiger partial charge is 0.463 e. The zero-order valence-electron chi connectivity index (χ0n) is 25.8. The maximum atomic E-state index is 12.6. The van der Waals surface area contributed by atoms with Crippen molar-refractivity contribution in [3.63, 3.8) is 0 Å². The van der Waals surface area contributed by atoms with Gasteiger partial charge in [-0.05, 0) is 63.9 Å². The van der Waals surface area contributed by atoms with Gasteiger partial charge >= 0.3 is 6.01 Å². The minimum absolute atomic E-state index is 0.138. The number of carbonyl (C=O) groups is 1. The van der Waals surface area contributed by atoms with E-state index < -0.39 is 0 Å². The van der Waals surface area contributed by atoms with Crippen LogP contribution in [-0.2, 0) is 17.8 Å². The van der Waals surface area contributed by atoms with Crippen LogP contribution in [0, 0.1) is 12.0 Å². The summed E-state index contributed by atoms with van der Waals surface area (Å²) in [5, 5.41) is 2.88. The topological polar surface area (TPSA) is 69.4 Å². The second kappa shape index (κ2) is 12.3. The standard InChI is InChI=1S/C34H40ClN7O2/c1-6-30(43)41-16-15-40(19-25(41)18-36-3)32-26-17-23(2)42(29-12-8-10-24-9-7-11-27(35)31(24)29)20-28(26)37-33(38-32)44-22-34(13-14-34)21-39(4)5/h6-12,23,25H,1,13-22H2,2,4-5H3/t23-,25-/m0/s1. The molecule has 3 aliphatic rings. The Bertz CT molecular complexity index is 1610. The molecule has 1 saturated heterocycles. The van der Waals surface area contributed by atoms with E-state index in [0.29, 0.717) is 38.8 Å². The van der Waals surface area contributed by atoms with E-state index in [9.17, 15) is 4.79 Å². The van der Waals surface area contributed by atoms with Gasteiger partial charge in [-0.2, -0.15) is 9.97 Å². The van der Waals surface area contributed by atoms with Gasteiger partial charge in [0.05, 0.1) is 23.9 Å². The molecule has 1 saturated carbocycles. The van der Waals surface area contributed by atoms with Crippen LogP contribution in [0.3, 0.4) is 0 Å². The van der Waals surface area contributed by atoms with Crippen LogP contribution in [0.5, 0.6) is 6.01 Å². The van der Waals surface area contributed by atoms with Gasteiger partial charge in [-0.3, -0.25) is 4.79 Å². The van der Waals surface area contributed by atoms with Crippen molar-refractivity contribution in [3.8, 4) is 6.01 Å². The first-order valence-corrected chi connectivity index (χ1v) is 15.7. The number of aromatic nitrogens is 2. The second-order valence-corrected chi connectivity index (χ2v) is 13.2. The van der Waals surface area contributed by atoms with Gasteiger partial charge in [-0.25, -0.2) is 6.57 Å². The fraction of sp³-hybridized carbons (Fsp3) is 0.471. The molecule has 0 spiro atoms. The summed E-state index contributed by atoms with van der Waals surface area (Å²) in [5.41, 5.74) is 3.27. The van der Waals surface area contributed by atoms with Gasteiger partial charge in [0.15, 0.2) is 0 Å². The van der Waals surface area contributed by atoms with E-state index in [1.54, 1.807) is 4.90 Å². The molecule has 3 heterocycles. The number of amides is 1. The maximum Gasteiger partial charge on any atom is 0.318 e. The number of carbonyl (C=O) groups excluding carboxylic acids is 1. The average molecular weight is 614 g/mol. The molecule has 2 aliphatic heterocycles. The van der Waals surface area contributed by atoms with Crippen LogP contribution in [0.15, 0.2) is 49.1 Å². The summed E-state index contributed by atoms with van der Waals surface area (Å²) < 4.78 is 6.40. The van der Waals surface area contributed by atoms with Crippen molar-refractivity contribution >= 4 is 39.8 Å². The number of piperazine rings is 1. The molecule has 0 radical (unpaired) electrons. The number of benzene rings is 2. The third kappa shape index (κ3) is 5.93. The molecule has 44 heavy (non-hydrogen) atoms. The Morgan fingerprint density at radius 2 is 2.00 bits per heavy atom. The zero-order chi connectivity index (χ0) is 31.0. The summed E-state index contributed by atoms with van der Waals surface area (Å²) in [6.07, 6.45) is 4.35. The lowest BCUT2D eigenvalue weighted by molar-refractivity contribution is -0.128. The van der Waals surface area contributed by atoms with Gasteiger partial charge in [0, 0.05) is 54.3 Å². The van der Waals surface area contributed by atoms with E-state index in [2.05, 4.69) is 71.4 Å². The van der Waals surface area contributed by atoms with Gasteiger partial charge in [0.25, 0.3) is 0 Å². The number of hydrogen-bond acceptors (Lipinski definition) is 7. The highest BCUT2D eigenvalue weighted by atomic mass is 35.5. The molecule has 6 rings (SSSR count). The van der Waals surface area contributed by atoms with Crippen molar-refractivity contribution in [2.75, 3.05) is 63.2 Å². The number of nitrogens with zero attached hydrogens (tertiary/aromatic N) is 7. The SMILES string of the molecule is [C-]#[N+]C[C@H]1CN(c2nc(OCC3(CN(C)C)CC3)nc3c2C[C@H](C)N(c2cccc4cccc(Cl)c24)C3)CCN1C(=O)C=C. The van der Waals surface area contributed by atoms with Crippen molar-refractivity contribution in [3.05, 3.63) is 76.8 Å². The fourth-order valence-corrected chi connectivity index (χ4v) is 7.13. The Morgan fingerprint density at radius 3 is 2.70 bits per heavy atom. The number of rotatable bonds is 9. The molecule has 2 fully saturated rings. The minimum Gasteiger partial charge on any atom is -0.463 e. The zero-order valence-corrected chi connectivity index (χ0v) is 26.6. The summed E-state index contributed by atoms with van der Waals surface area (Å²) in [6, 6.07) is 12.6. The molecular weight excluding hydrogens is 574 g/mol. The summed E-state index contributed by atoms with van der Waals surface area (Å²) in [6.45, 7) is 17.4. The molecule has 1 amide bonds. The third-order valence-electron chi connectivity index (χ3n) is 9.20. The first kappa shape index (κ1) is 30.2. The summed E-state index contributed by atoms with van der Waals surface area (Å²) in [4.78, 5) is 34.9. The molecule has 9 nitrogen and oxygen atoms in total. The van der Waals surface area contributed by atoms with Crippen LogP contribution in [0.2, 0.25) is 5.02 Å².